The van der Waals surface area contributed by atoms with E-state index in [1.807, 2.05) is 30.3 Å². The molecule has 1 fully saturated rings. The van der Waals surface area contributed by atoms with Gasteiger partial charge >= 0.3 is 5.69 Å². The van der Waals surface area contributed by atoms with E-state index in [9.17, 15) is 14.1 Å². The number of nitrogens with zero attached hydrogens (tertiary/aromatic N) is 5. The number of anilines is 1. The Hall–Kier alpha value is -3.73. The molecule has 164 valence electrons. The van der Waals surface area contributed by atoms with E-state index in [1.165, 1.54) is 0 Å². The number of benzene rings is 1. The lowest BCUT2D eigenvalue weighted by atomic mass is 10.1. The maximum absolute atomic E-state index is 11.9. The lowest BCUT2D eigenvalue weighted by Gasteiger charge is -2.16. The third-order valence-corrected chi connectivity index (χ3v) is 6.25. The van der Waals surface area contributed by atoms with Crippen molar-refractivity contribution >= 4 is 28.4 Å². The number of aromatic nitrogens is 5. The van der Waals surface area contributed by atoms with E-state index in [4.69, 9.17) is 9.98 Å². The molecule has 1 aliphatic carbocycles. The maximum Gasteiger partial charge on any atom is 0.326 e. The average molecular weight is 452 g/mol. The summed E-state index contributed by atoms with van der Waals surface area (Å²) in [5.41, 5.74) is 3.30. The van der Waals surface area contributed by atoms with Gasteiger partial charge in [0, 0.05) is 35.8 Å². The quantitative estimate of drug-likeness (QED) is 0.406. The number of hydrogen-bond donors (Lipinski definition) is 3. The molecular formula is C21H21N7O3S. The molecule has 3 N–H and O–H groups in total. The second-order valence-electron chi connectivity index (χ2n) is 7.65. The van der Waals surface area contributed by atoms with Gasteiger partial charge in [-0.15, -0.1) is 0 Å². The van der Waals surface area contributed by atoms with Crippen LogP contribution in [0.2, 0.25) is 0 Å². The average Bonchev–Trinajstić information content (AvgIpc) is 3.41. The summed E-state index contributed by atoms with van der Waals surface area (Å²) in [5, 5.41) is 15.0. The minimum Gasteiger partial charge on any atom is -0.493 e. The molecule has 3 aromatic heterocycles. The number of imidazole rings is 1. The van der Waals surface area contributed by atoms with Gasteiger partial charge in [0.2, 0.25) is 5.88 Å². The monoisotopic (exact) mass is 451 g/mol. The van der Waals surface area contributed by atoms with Crippen LogP contribution < -0.4 is 20.7 Å². The molecule has 4 aromatic rings. The van der Waals surface area contributed by atoms with Gasteiger partial charge < -0.3 is 10.1 Å². The summed E-state index contributed by atoms with van der Waals surface area (Å²) < 4.78 is 15.2. The zero-order valence-corrected chi connectivity index (χ0v) is 18.3. The number of aromatic amines is 2. The van der Waals surface area contributed by atoms with Crippen LogP contribution in [0.4, 0.5) is 5.69 Å². The zero-order valence-electron chi connectivity index (χ0n) is 17.4. The van der Waals surface area contributed by atoms with Crippen molar-refractivity contribution in [2.75, 3.05) is 17.6 Å². The molecule has 32 heavy (non-hydrogen) atoms. The van der Waals surface area contributed by atoms with Gasteiger partial charge in [0.25, 0.3) is 0 Å². The molecule has 0 spiro atoms. The number of aromatic hydroxyl groups is 1. The Morgan fingerprint density at radius 3 is 2.81 bits per heavy atom. The fourth-order valence-corrected chi connectivity index (χ4v) is 3.76. The molecule has 0 amide bonds. The van der Waals surface area contributed by atoms with Gasteiger partial charge in [-0.3, -0.25) is 14.3 Å². The lowest BCUT2D eigenvalue weighted by Crippen LogP contribution is -2.20. The largest absolute Gasteiger partial charge is 0.493 e. The van der Waals surface area contributed by atoms with Crippen LogP contribution in [0.15, 0.2) is 46.3 Å². The Morgan fingerprint density at radius 2 is 2.12 bits per heavy atom. The standard InChI is InChI=1S/C21H21N7O3S/c1-27(32(2)31)15-5-3-4-12(8-15)16-10-18(23-14-6-7-14)28-19(24-16)13(11-22-28)9-17-20(29)26-21(30)25-17/h3-5,8-11,14,29H,6-7H2,1-2H3,(H2,25,26,30). The predicted octanol–water partition coefficient (Wildman–Crippen LogP) is 0.459. The first-order valence-electron chi connectivity index (χ1n) is 10.0. The lowest BCUT2D eigenvalue weighted by molar-refractivity contribution is 0.454. The molecule has 1 atom stereocenters. The summed E-state index contributed by atoms with van der Waals surface area (Å²) in [6.45, 7) is 0. The SMILES string of the molecule is CN(c1cccc(-c2cc(=NC3CC3)n3ncc(=Cc4[nH]c(=O)[nH]c4O)c3n2)c1)S(C)=O. The van der Waals surface area contributed by atoms with E-state index >= 15 is 0 Å². The van der Waals surface area contributed by atoms with E-state index in [0.717, 1.165) is 24.1 Å². The first kappa shape index (κ1) is 20.2. The van der Waals surface area contributed by atoms with Gasteiger partial charge in [-0.25, -0.2) is 14.0 Å². The van der Waals surface area contributed by atoms with Crippen molar-refractivity contribution in [2.45, 2.75) is 18.9 Å². The number of hydrogen-bond acceptors (Lipinski definition) is 6. The van der Waals surface area contributed by atoms with Crippen molar-refractivity contribution in [3.05, 3.63) is 63.4 Å². The van der Waals surface area contributed by atoms with Crippen molar-refractivity contribution in [3.8, 4) is 17.1 Å². The van der Waals surface area contributed by atoms with Crippen LogP contribution in [0, 0.1) is 0 Å². The topological polar surface area (TPSA) is 132 Å². The van der Waals surface area contributed by atoms with Crippen molar-refractivity contribution in [1.82, 2.24) is 24.6 Å². The molecule has 1 saturated carbocycles. The number of nitrogens with one attached hydrogen (secondary N) is 2. The molecule has 0 radical (unpaired) electrons. The Bertz CT molecular complexity index is 1530. The van der Waals surface area contributed by atoms with Crippen molar-refractivity contribution in [2.24, 2.45) is 4.99 Å². The molecule has 1 aliphatic rings. The van der Waals surface area contributed by atoms with E-state index in [1.54, 1.807) is 34.4 Å². The first-order chi connectivity index (χ1) is 15.4. The van der Waals surface area contributed by atoms with Crippen LogP contribution >= 0.6 is 0 Å². The minimum absolute atomic E-state index is 0.242. The molecule has 5 rings (SSSR count). The highest BCUT2D eigenvalue weighted by Gasteiger charge is 2.20. The summed E-state index contributed by atoms with van der Waals surface area (Å²) in [7, 11) is 0.619. The van der Waals surface area contributed by atoms with Gasteiger partial charge in [-0.1, -0.05) is 12.1 Å². The first-order valence-corrected chi connectivity index (χ1v) is 11.5. The Morgan fingerprint density at radius 1 is 1.31 bits per heavy atom. The van der Waals surface area contributed by atoms with Gasteiger partial charge in [0.05, 0.1) is 17.9 Å². The highest BCUT2D eigenvalue weighted by Crippen LogP contribution is 2.24. The van der Waals surface area contributed by atoms with E-state index in [0.29, 0.717) is 22.0 Å². The normalized spacial score (nSPS) is 16.1. The summed E-state index contributed by atoms with van der Waals surface area (Å²) in [6.07, 6.45) is 6.94. The molecule has 0 bridgehead atoms. The fraction of sp³-hybridized carbons (Fsp3) is 0.238. The number of H-pyrrole nitrogens is 2. The summed E-state index contributed by atoms with van der Waals surface area (Å²) in [5.74, 6) is -0.253. The second-order valence-corrected chi connectivity index (χ2v) is 9.05. The Kier molecular flexibility index (Phi) is 4.89. The Balaban J connectivity index is 1.73. The Labute approximate surface area is 184 Å². The van der Waals surface area contributed by atoms with Gasteiger partial charge in [-0.05, 0) is 31.1 Å². The molecule has 0 saturated heterocycles. The van der Waals surface area contributed by atoms with Crippen LogP contribution in [-0.2, 0) is 11.0 Å². The van der Waals surface area contributed by atoms with Gasteiger partial charge in [-0.2, -0.15) is 9.61 Å². The van der Waals surface area contributed by atoms with E-state index in [-0.39, 0.29) is 17.6 Å². The summed E-state index contributed by atoms with van der Waals surface area (Å²) in [6, 6.07) is 9.81. The van der Waals surface area contributed by atoms with Crippen molar-refractivity contribution < 1.29 is 9.32 Å². The number of fused-ring (bicyclic) bond motifs is 1. The second kappa shape index (κ2) is 7.75. The van der Waals surface area contributed by atoms with Crippen molar-refractivity contribution in [1.29, 1.82) is 0 Å². The van der Waals surface area contributed by atoms with Crippen LogP contribution in [0.1, 0.15) is 18.5 Å². The molecule has 10 nitrogen and oxygen atoms in total. The van der Waals surface area contributed by atoms with Crippen LogP contribution in [0.5, 0.6) is 5.88 Å². The van der Waals surface area contributed by atoms with Crippen LogP contribution in [0.3, 0.4) is 0 Å². The van der Waals surface area contributed by atoms with E-state index < -0.39 is 16.7 Å². The zero-order chi connectivity index (χ0) is 22.4. The molecule has 11 heteroatoms. The van der Waals surface area contributed by atoms with Gasteiger partial charge in [0.15, 0.2) is 11.1 Å². The molecule has 1 unspecified atom stereocenters. The predicted molar refractivity (Wildman–Crippen MR) is 121 cm³/mol. The van der Waals surface area contributed by atoms with Gasteiger partial charge in [0.1, 0.15) is 16.7 Å². The minimum atomic E-state index is -1.15. The molecule has 3 heterocycles. The smallest absolute Gasteiger partial charge is 0.326 e. The highest BCUT2D eigenvalue weighted by atomic mass is 32.2. The maximum atomic E-state index is 11.9. The summed E-state index contributed by atoms with van der Waals surface area (Å²) >= 11 is 0. The third kappa shape index (κ3) is 3.82. The van der Waals surface area contributed by atoms with Crippen LogP contribution in [-0.4, -0.2) is 53.2 Å². The van der Waals surface area contributed by atoms with Crippen LogP contribution in [0.25, 0.3) is 23.0 Å². The summed E-state index contributed by atoms with van der Waals surface area (Å²) in [4.78, 5) is 25.9. The molecule has 1 aromatic carbocycles. The number of rotatable bonds is 5. The molecule has 0 aliphatic heterocycles. The third-order valence-electron chi connectivity index (χ3n) is 5.27. The highest BCUT2D eigenvalue weighted by molar-refractivity contribution is 7.85. The van der Waals surface area contributed by atoms with E-state index in [2.05, 4.69) is 15.1 Å². The van der Waals surface area contributed by atoms with Crippen molar-refractivity contribution in [3.63, 3.8) is 0 Å². The molecular weight excluding hydrogens is 430 g/mol. The fourth-order valence-electron chi connectivity index (χ4n) is 3.35.